The molecule has 0 radical (unpaired) electrons. The SMILES string of the molecule is CCc1c(NCCN(C)C)cccc1C(=O)OC. The molecule has 0 saturated carbocycles. The number of likely N-dealkylation sites (N-methyl/N-ethyl adjacent to an activating group) is 1. The van der Waals surface area contributed by atoms with E-state index in [0.717, 1.165) is 30.8 Å². The van der Waals surface area contributed by atoms with Gasteiger partial charge in [-0.2, -0.15) is 0 Å². The van der Waals surface area contributed by atoms with Gasteiger partial charge in [0.05, 0.1) is 12.7 Å². The summed E-state index contributed by atoms with van der Waals surface area (Å²) in [5.74, 6) is -0.275. The summed E-state index contributed by atoms with van der Waals surface area (Å²) >= 11 is 0. The Morgan fingerprint density at radius 1 is 1.39 bits per heavy atom. The molecule has 4 nitrogen and oxygen atoms in total. The molecule has 0 spiro atoms. The second-order valence-electron chi connectivity index (χ2n) is 4.41. The van der Waals surface area contributed by atoms with Gasteiger partial charge in [-0.15, -0.1) is 0 Å². The number of nitrogens with zero attached hydrogens (tertiary/aromatic N) is 1. The molecule has 0 heterocycles. The normalized spacial score (nSPS) is 10.5. The number of anilines is 1. The number of esters is 1. The first-order chi connectivity index (χ1) is 8.60. The van der Waals surface area contributed by atoms with Gasteiger partial charge in [-0.1, -0.05) is 13.0 Å². The van der Waals surface area contributed by atoms with Gasteiger partial charge in [0.2, 0.25) is 0 Å². The number of carbonyl (C=O) groups is 1. The first kappa shape index (κ1) is 14.5. The smallest absolute Gasteiger partial charge is 0.338 e. The van der Waals surface area contributed by atoms with Crippen LogP contribution in [0, 0.1) is 0 Å². The summed E-state index contributed by atoms with van der Waals surface area (Å²) in [7, 11) is 5.48. The average Bonchev–Trinajstić information content (AvgIpc) is 2.37. The Morgan fingerprint density at radius 2 is 2.11 bits per heavy atom. The molecule has 0 unspecified atom stereocenters. The molecule has 1 aromatic carbocycles. The van der Waals surface area contributed by atoms with E-state index in [9.17, 15) is 4.79 Å². The van der Waals surface area contributed by atoms with Crippen molar-refractivity contribution in [3.05, 3.63) is 29.3 Å². The molecule has 1 N–H and O–H groups in total. The summed E-state index contributed by atoms with van der Waals surface area (Å²) in [6.07, 6.45) is 0.801. The highest BCUT2D eigenvalue weighted by molar-refractivity contribution is 5.92. The van der Waals surface area contributed by atoms with E-state index in [4.69, 9.17) is 4.74 Å². The molecule has 0 fully saturated rings. The van der Waals surface area contributed by atoms with Crippen LogP contribution in [-0.2, 0) is 11.2 Å². The number of carbonyl (C=O) groups excluding carboxylic acids is 1. The fourth-order valence-electron chi connectivity index (χ4n) is 1.85. The van der Waals surface area contributed by atoms with Crippen molar-refractivity contribution < 1.29 is 9.53 Å². The van der Waals surface area contributed by atoms with Crippen molar-refractivity contribution in [1.82, 2.24) is 4.90 Å². The van der Waals surface area contributed by atoms with Gasteiger partial charge in [-0.3, -0.25) is 0 Å². The fourth-order valence-corrected chi connectivity index (χ4v) is 1.85. The predicted molar refractivity (Wildman–Crippen MR) is 74.2 cm³/mol. The molecule has 0 aliphatic heterocycles. The topological polar surface area (TPSA) is 41.6 Å². The summed E-state index contributed by atoms with van der Waals surface area (Å²) in [6.45, 7) is 3.84. The van der Waals surface area contributed by atoms with Crippen molar-refractivity contribution >= 4 is 11.7 Å². The van der Waals surface area contributed by atoms with Gasteiger partial charge in [0.25, 0.3) is 0 Å². The lowest BCUT2D eigenvalue weighted by Gasteiger charge is -2.16. The van der Waals surface area contributed by atoms with Crippen molar-refractivity contribution in [3.63, 3.8) is 0 Å². The van der Waals surface area contributed by atoms with Gasteiger partial charge in [-0.05, 0) is 38.2 Å². The van der Waals surface area contributed by atoms with Crippen LogP contribution in [0.15, 0.2) is 18.2 Å². The predicted octanol–water partition coefficient (Wildman–Crippen LogP) is 2.01. The van der Waals surface area contributed by atoms with Crippen molar-refractivity contribution in [3.8, 4) is 0 Å². The average molecular weight is 250 g/mol. The number of methoxy groups -OCH3 is 1. The van der Waals surface area contributed by atoms with E-state index in [0.29, 0.717) is 5.56 Å². The number of hydrogen-bond donors (Lipinski definition) is 1. The zero-order valence-electron chi connectivity index (χ0n) is 11.6. The van der Waals surface area contributed by atoms with Crippen molar-refractivity contribution in [1.29, 1.82) is 0 Å². The maximum Gasteiger partial charge on any atom is 0.338 e. The zero-order chi connectivity index (χ0) is 13.5. The standard InChI is InChI=1S/C14H22N2O2/c1-5-11-12(14(17)18-4)7-6-8-13(11)15-9-10-16(2)3/h6-8,15H,5,9-10H2,1-4H3. The Hall–Kier alpha value is -1.55. The Kier molecular flexibility index (Phi) is 5.65. The largest absolute Gasteiger partial charge is 0.465 e. The number of nitrogens with one attached hydrogen (secondary N) is 1. The molecular formula is C14H22N2O2. The summed E-state index contributed by atoms with van der Waals surface area (Å²) < 4.78 is 4.80. The lowest BCUT2D eigenvalue weighted by molar-refractivity contribution is 0.0599. The molecular weight excluding hydrogens is 228 g/mol. The highest BCUT2D eigenvalue weighted by Gasteiger charge is 2.13. The number of ether oxygens (including phenoxy) is 1. The molecule has 4 heteroatoms. The molecule has 0 atom stereocenters. The molecule has 1 rings (SSSR count). The molecule has 18 heavy (non-hydrogen) atoms. The van der Waals surface area contributed by atoms with Crippen LogP contribution in [0.5, 0.6) is 0 Å². The first-order valence-electron chi connectivity index (χ1n) is 6.19. The summed E-state index contributed by atoms with van der Waals surface area (Å²) in [5, 5.41) is 3.37. The van der Waals surface area contributed by atoms with Crippen LogP contribution in [-0.4, -0.2) is 45.2 Å². The minimum absolute atomic E-state index is 0.275. The molecule has 0 aliphatic carbocycles. The van der Waals surface area contributed by atoms with Crippen LogP contribution in [0.4, 0.5) is 5.69 Å². The van der Waals surface area contributed by atoms with E-state index in [2.05, 4.69) is 10.2 Å². The third-order valence-corrected chi connectivity index (χ3v) is 2.81. The van der Waals surface area contributed by atoms with Crippen molar-refractivity contribution in [2.75, 3.05) is 39.6 Å². The summed E-state index contributed by atoms with van der Waals surface area (Å²) in [4.78, 5) is 13.8. The second kappa shape index (κ2) is 7.01. The Bertz CT molecular complexity index is 403. The first-order valence-corrected chi connectivity index (χ1v) is 6.19. The van der Waals surface area contributed by atoms with Crippen LogP contribution < -0.4 is 5.32 Å². The highest BCUT2D eigenvalue weighted by atomic mass is 16.5. The van der Waals surface area contributed by atoms with E-state index in [1.807, 2.05) is 39.2 Å². The zero-order valence-corrected chi connectivity index (χ0v) is 11.6. The Balaban J connectivity index is 2.87. The summed E-state index contributed by atoms with van der Waals surface area (Å²) in [5.41, 5.74) is 2.68. The van der Waals surface area contributed by atoms with E-state index >= 15 is 0 Å². The Labute approximate surface area is 109 Å². The quantitative estimate of drug-likeness (QED) is 0.784. The summed E-state index contributed by atoms with van der Waals surface area (Å²) in [6, 6.07) is 5.69. The molecule has 0 aromatic heterocycles. The van der Waals surface area contributed by atoms with Crippen molar-refractivity contribution in [2.45, 2.75) is 13.3 Å². The van der Waals surface area contributed by atoms with Crippen LogP contribution in [0.3, 0.4) is 0 Å². The minimum atomic E-state index is -0.275. The molecule has 0 aliphatic rings. The second-order valence-corrected chi connectivity index (χ2v) is 4.41. The monoisotopic (exact) mass is 250 g/mol. The van der Waals surface area contributed by atoms with Crippen LogP contribution in [0.1, 0.15) is 22.8 Å². The van der Waals surface area contributed by atoms with Crippen LogP contribution in [0.25, 0.3) is 0 Å². The number of benzene rings is 1. The van der Waals surface area contributed by atoms with Gasteiger partial charge in [-0.25, -0.2) is 4.79 Å². The molecule has 1 aromatic rings. The van der Waals surface area contributed by atoms with E-state index in [1.165, 1.54) is 7.11 Å². The lowest BCUT2D eigenvalue weighted by atomic mass is 10.0. The van der Waals surface area contributed by atoms with Gasteiger partial charge in [0.1, 0.15) is 0 Å². The van der Waals surface area contributed by atoms with Gasteiger partial charge < -0.3 is 15.0 Å². The number of hydrogen-bond acceptors (Lipinski definition) is 4. The van der Waals surface area contributed by atoms with Crippen molar-refractivity contribution in [2.24, 2.45) is 0 Å². The minimum Gasteiger partial charge on any atom is -0.465 e. The molecule has 0 bridgehead atoms. The molecule has 100 valence electrons. The fraction of sp³-hybridized carbons (Fsp3) is 0.500. The third-order valence-electron chi connectivity index (χ3n) is 2.81. The van der Waals surface area contributed by atoms with Gasteiger partial charge in [0, 0.05) is 18.8 Å². The lowest BCUT2D eigenvalue weighted by Crippen LogP contribution is -2.21. The van der Waals surface area contributed by atoms with Crippen LogP contribution >= 0.6 is 0 Å². The van der Waals surface area contributed by atoms with Gasteiger partial charge >= 0.3 is 5.97 Å². The molecule has 0 saturated heterocycles. The highest BCUT2D eigenvalue weighted by Crippen LogP contribution is 2.21. The Morgan fingerprint density at radius 3 is 2.67 bits per heavy atom. The van der Waals surface area contributed by atoms with E-state index < -0.39 is 0 Å². The van der Waals surface area contributed by atoms with E-state index in [-0.39, 0.29) is 5.97 Å². The maximum absolute atomic E-state index is 11.7. The maximum atomic E-state index is 11.7. The third kappa shape index (κ3) is 3.74. The number of rotatable bonds is 6. The van der Waals surface area contributed by atoms with Crippen LogP contribution in [0.2, 0.25) is 0 Å². The van der Waals surface area contributed by atoms with E-state index in [1.54, 1.807) is 0 Å². The molecule has 0 amide bonds. The van der Waals surface area contributed by atoms with Gasteiger partial charge in [0.15, 0.2) is 0 Å².